The van der Waals surface area contributed by atoms with Crippen LogP contribution in [0.3, 0.4) is 0 Å². The van der Waals surface area contributed by atoms with E-state index in [-0.39, 0.29) is 24.1 Å². The predicted octanol–water partition coefficient (Wildman–Crippen LogP) is 0.356. The molecule has 0 aliphatic carbocycles. The number of carbonyl (C=O) groups excluding carboxylic acids is 2. The average Bonchev–Trinajstić information content (AvgIpc) is 2.93. The van der Waals surface area contributed by atoms with Gasteiger partial charge in [-0.15, -0.1) is 0 Å². The molecule has 0 spiro atoms. The lowest BCUT2D eigenvalue weighted by molar-refractivity contribution is -0.191. The minimum absolute atomic E-state index is 0.0308. The van der Waals surface area contributed by atoms with Crippen LogP contribution < -0.4 is 11.4 Å². The number of aromatic nitrogens is 4. The van der Waals surface area contributed by atoms with Crippen LogP contribution in [-0.4, -0.2) is 36.7 Å². The molecule has 27 heavy (non-hydrogen) atoms. The molecule has 2 heterocycles. The Morgan fingerprint density at radius 2 is 1.81 bits per heavy atom. The summed E-state index contributed by atoms with van der Waals surface area (Å²) >= 11 is 0. The lowest BCUT2D eigenvalue weighted by atomic mass is 10.1. The van der Waals surface area contributed by atoms with Gasteiger partial charge in [0, 0.05) is 6.42 Å². The molecule has 1 aromatic carbocycles. The number of nitrogens with two attached hydrogens (primary N) is 1. The topological polar surface area (TPSA) is 161 Å². The van der Waals surface area contributed by atoms with E-state index in [0.717, 1.165) is 5.56 Å². The van der Waals surface area contributed by atoms with Gasteiger partial charge in [-0.2, -0.15) is 9.59 Å². The lowest BCUT2D eigenvalue weighted by Crippen LogP contribution is -2.18. The number of carboxylic acid groups (broad SMARTS) is 1. The summed E-state index contributed by atoms with van der Waals surface area (Å²) in [5, 5.41) is 8.80. The molecule has 0 aliphatic heterocycles. The van der Waals surface area contributed by atoms with Crippen molar-refractivity contribution >= 4 is 29.1 Å². The number of anilines is 1. The van der Waals surface area contributed by atoms with Gasteiger partial charge in [0.25, 0.3) is 0 Å². The minimum Gasteiger partial charge on any atom is -0.481 e. The number of hydrogen-bond donors (Lipinski definition) is 3. The highest BCUT2D eigenvalue weighted by Gasteiger charge is 2.13. The molecule has 0 bridgehead atoms. The van der Waals surface area contributed by atoms with Crippen molar-refractivity contribution in [3.8, 4) is 0 Å². The van der Waals surface area contributed by atoms with E-state index in [0.29, 0.717) is 35.5 Å². The molecule has 4 N–H and O–H groups in total. The van der Waals surface area contributed by atoms with Gasteiger partial charge >= 0.3 is 17.8 Å². The van der Waals surface area contributed by atoms with E-state index in [9.17, 15) is 9.59 Å². The molecule has 3 aromatic rings. The van der Waals surface area contributed by atoms with Crippen LogP contribution in [0.1, 0.15) is 23.9 Å². The van der Waals surface area contributed by atoms with E-state index in [2.05, 4.69) is 15.0 Å². The fraction of sp³-hybridized carbons (Fsp3) is 0.235. The van der Waals surface area contributed by atoms with Crippen molar-refractivity contribution in [2.75, 3.05) is 5.73 Å². The van der Waals surface area contributed by atoms with Gasteiger partial charge in [0.1, 0.15) is 11.3 Å². The number of aliphatic carboxylic acids is 1. The van der Waals surface area contributed by atoms with E-state index in [4.69, 9.17) is 20.4 Å². The molecule has 140 valence electrons. The third kappa shape index (κ3) is 4.65. The zero-order chi connectivity index (χ0) is 20.0. The van der Waals surface area contributed by atoms with Gasteiger partial charge in [0.05, 0.1) is 13.0 Å². The number of rotatable bonds is 5. The monoisotopic (exact) mass is 371 g/mol. The van der Waals surface area contributed by atoms with Crippen LogP contribution >= 0.6 is 0 Å². The number of carbonyl (C=O) groups is 1. The first-order valence-corrected chi connectivity index (χ1v) is 7.93. The van der Waals surface area contributed by atoms with Crippen molar-refractivity contribution in [3.63, 3.8) is 0 Å². The lowest BCUT2D eigenvalue weighted by Gasteiger charge is -2.06. The van der Waals surface area contributed by atoms with Crippen LogP contribution in [0, 0.1) is 0 Å². The number of benzene rings is 1. The summed E-state index contributed by atoms with van der Waals surface area (Å²) in [4.78, 5) is 50.4. The molecule has 0 unspecified atom stereocenters. The van der Waals surface area contributed by atoms with Crippen molar-refractivity contribution in [3.05, 3.63) is 51.7 Å². The Bertz CT molecular complexity index is 1050. The molecule has 0 fully saturated rings. The van der Waals surface area contributed by atoms with Crippen LogP contribution in [0.2, 0.25) is 0 Å². The molecule has 0 radical (unpaired) electrons. The predicted molar refractivity (Wildman–Crippen MR) is 93.8 cm³/mol. The van der Waals surface area contributed by atoms with Gasteiger partial charge in [-0.25, -0.2) is 14.8 Å². The number of aryl methyl sites for hydroxylation is 1. The summed E-state index contributed by atoms with van der Waals surface area (Å²) in [5.41, 5.74) is 8.04. The number of aromatic amines is 1. The molecule has 10 nitrogen and oxygen atoms in total. The number of hydrogen-bond acceptors (Lipinski definition) is 7. The second kappa shape index (κ2) is 8.54. The number of nitrogen functional groups attached to an aromatic ring is 1. The van der Waals surface area contributed by atoms with Gasteiger partial charge in [0.2, 0.25) is 0 Å². The van der Waals surface area contributed by atoms with Crippen molar-refractivity contribution < 1.29 is 19.5 Å². The van der Waals surface area contributed by atoms with Gasteiger partial charge in [0.15, 0.2) is 11.5 Å². The van der Waals surface area contributed by atoms with Crippen LogP contribution in [0.25, 0.3) is 11.2 Å². The molecule has 0 atom stereocenters. The van der Waals surface area contributed by atoms with Gasteiger partial charge in [-0.05, 0) is 11.1 Å². The first-order chi connectivity index (χ1) is 12.9. The quantitative estimate of drug-likeness (QED) is 0.579. The molecule has 2 aromatic heterocycles. The normalized spacial score (nSPS) is 10.1. The third-order valence-corrected chi connectivity index (χ3v) is 3.73. The van der Waals surface area contributed by atoms with Crippen molar-refractivity contribution in [1.82, 2.24) is 19.5 Å². The number of carboxylic acids is 1. The first kappa shape index (κ1) is 19.5. The second-order valence-electron chi connectivity index (χ2n) is 5.56. The number of H-pyrrole nitrogens is 1. The molecule has 0 amide bonds. The maximum Gasteiger partial charge on any atom is 0.373 e. The highest BCUT2D eigenvalue weighted by Crippen LogP contribution is 2.16. The highest BCUT2D eigenvalue weighted by molar-refractivity contribution is 5.81. The zero-order valence-electron chi connectivity index (χ0n) is 14.4. The van der Waals surface area contributed by atoms with E-state index >= 15 is 0 Å². The number of fused-ring (bicyclic) bond motifs is 1. The summed E-state index contributed by atoms with van der Waals surface area (Å²) < 4.78 is 1.50. The fourth-order valence-electron chi connectivity index (χ4n) is 2.52. The Hall–Kier alpha value is -3.78. The fourth-order valence-corrected chi connectivity index (χ4v) is 2.52. The second-order valence-corrected chi connectivity index (χ2v) is 5.56. The van der Waals surface area contributed by atoms with Crippen LogP contribution in [0.4, 0.5) is 5.82 Å². The Morgan fingerprint density at radius 3 is 2.37 bits per heavy atom. The highest BCUT2D eigenvalue weighted by atomic mass is 16.4. The smallest absolute Gasteiger partial charge is 0.373 e. The van der Waals surface area contributed by atoms with Gasteiger partial charge in [-0.3, -0.25) is 9.36 Å². The zero-order valence-corrected chi connectivity index (χ0v) is 14.4. The number of nitrogens with one attached hydrogen (secondary N) is 1. The molecule has 3 rings (SSSR count). The van der Waals surface area contributed by atoms with Crippen LogP contribution in [-0.2, 0) is 33.8 Å². The third-order valence-electron chi connectivity index (χ3n) is 3.73. The Labute approximate surface area is 152 Å². The minimum atomic E-state index is -0.880. The van der Waals surface area contributed by atoms with E-state index in [1.165, 1.54) is 4.57 Å². The van der Waals surface area contributed by atoms with Crippen molar-refractivity contribution in [2.45, 2.75) is 26.3 Å². The molecule has 10 heteroatoms. The van der Waals surface area contributed by atoms with Gasteiger partial charge < -0.3 is 15.8 Å². The van der Waals surface area contributed by atoms with E-state index in [1.807, 2.05) is 6.92 Å². The maximum absolute atomic E-state index is 12.2. The summed E-state index contributed by atoms with van der Waals surface area (Å²) in [6.45, 7) is 2.22. The summed E-state index contributed by atoms with van der Waals surface area (Å²) in [6.07, 6.45) is 0.834. The molecular formula is C17H17N5O5. The summed E-state index contributed by atoms with van der Waals surface area (Å²) in [5.74, 6) is -0.0519. The Kier molecular flexibility index (Phi) is 6.18. The average molecular weight is 371 g/mol. The van der Waals surface area contributed by atoms with E-state index < -0.39 is 5.97 Å². The van der Waals surface area contributed by atoms with Crippen LogP contribution in [0.5, 0.6) is 0 Å². The van der Waals surface area contributed by atoms with Crippen molar-refractivity contribution in [2.24, 2.45) is 0 Å². The summed E-state index contributed by atoms with van der Waals surface area (Å²) in [6, 6.07) is 7.08. The van der Waals surface area contributed by atoms with Crippen LogP contribution in [0.15, 0.2) is 29.1 Å². The molecule has 0 aliphatic rings. The Balaban J connectivity index is 0.000000817. The SMILES string of the molecule is CCc1nc(N)c2[nH]c(=O)n(Cc3ccc(CC(=O)O)cc3)c2n1.O=C=O. The molecular weight excluding hydrogens is 354 g/mol. The number of nitrogens with zero attached hydrogens (tertiary/aromatic N) is 3. The largest absolute Gasteiger partial charge is 0.481 e. The Morgan fingerprint density at radius 1 is 1.22 bits per heavy atom. The van der Waals surface area contributed by atoms with E-state index in [1.54, 1.807) is 24.3 Å². The van der Waals surface area contributed by atoms with Gasteiger partial charge in [-0.1, -0.05) is 31.2 Å². The first-order valence-electron chi connectivity index (χ1n) is 7.93. The number of imidazole rings is 1. The molecule has 0 saturated carbocycles. The summed E-state index contributed by atoms with van der Waals surface area (Å²) in [7, 11) is 0. The maximum atomic E-state index is 12.2. The standard InChI is InChI=1S/C16H17N5O3.CO2/c1-2-11-18-14(17)13-15(19-11)21(16(24)20-13)8-10-5-3-9(4-6-10)7-12(22)23;2-1-3/h3-6H,2,7-8H2,1H3,(H,20,24)(H,22,23)(H2,17,18,19);. The molecule has 0 saturated heterocycles. The van der Waals surface area contributed by atoms with Crippen molar-refractivity contribution in [1.29, 1.82) is 0 Å².